The summed E-state index contributed by atoms with van der Waals surface area (Å²) in [5.41, 5.74) is 3.21. The Morgan fingerprint density at radius 3 is 2.07 bits per heavy atom. The van der Waals surface area contributed by atoms with E-state index in [0.717, 1.165) is 11.5 Å². The van der Waals surface area contributed by atoms with Crippen molar-refractivity contribution in [1.82, 2.24) is 5.06 Å². The Labute approximate surface area is 173 Å². The number of amides is 2. The second-order valence-electron chi connectivity index (χ2n) is 6.40. The Morgan fingerprint density at radius 2 is 1.39 bits per heavy atom. The van der Waals surface area contributed by atoms with Gasteiger partial charge in [-0.2, -0.15) is 0 Å². The molecule has 0 spiro atoms. The molecule has 1 aliphatic rings. The second-order valence-corrected chi connectivity index (χ2v) is 6.40. The van der Waals surface area contributed by atoms with Crippen LogP contribution in [-0.4, -0.2) is 23.5 Å². The largest absolute Gasteiger partial charge is 1.00 e. The smallest absolute Gasteiger partial charge is 0.285 e. The Balaban J connectivity index is 0.00000225. The van der Waals surface area contributed by atoms with Crippen molar-refractivity contribution in [3.05, 3.63) is 101 Å². The van der Waals surface area contributed by atoms with Crippen LogP contribution in [0.3, 0.4) is 0 Å². The fraction of sp³-hybridized carbons (Fsp3) is 0.136. The van der Waals surface area contributed by atoms with Crippen LogP contribution >= 0.6 is 0 Å². The Kier molecular flexibility index (Phi) is 6.34. The van der Waals surface area contributed by atoms with Gasteiger partial charge in [-0.25, -0.2) is 4.57 Å². The lowest BCUT2D eigenvalue weighted by molar-refractivity contribution is -0.699. The van der Waals surface area contributed by atoms with Crippen LogP contribution in [0, 0.1) is 0 Å². The molecule has 0 fully saturated rings. The molecule has 3 aromatic rings. The maximum atomic E-state index is 12.3. The van der Waals surface area contributed by atoms with E-state index in [1.807, 2.05) is 35.0 Å². The van der Waals surface area contributed by atoms with Crippen molar-refractivity contribution < 1.29 is 36.0 Å². The molecule has 0 saturated heterocycles. The van der Waals surface area contributed by atoms with Crippen LogP contribution in [-0.2, 0) is 17.8 Å². The summed E-state index contributed by atoms with van der Waals surface area (Å²) in [7, 11) is 0. The van der Waals surface area contributed by atoms with Crippen molar-refractivity contribution >= 4 is 11.8 Å². The molecule has 2 aromatic carbocycles. The maximum Gasteiger partial charge on any atom is 0.285 e. The second kappa shape index (κ2) is 8.91. The van der Waals surface area contributed by atoms with Crippen molar-refractivity contribution in [2.75, 3.05) is 6.61 Å². The number of carbonyl (C=O) groups excluding carboxylic acids is 2. The summed E-state index contributed by atoms with van der Waals surface area (Å²) in [6.07, 6.45) is 4.85. The van der Waals surface area contributed by atoms with E-state index in [1.165, 1.54) is 11.1 Å². The van der Waals surface area contributed by atoms with E-state index in [9.17, 15) is 9.59 Å². The zero-order chi connectivity index (χ0) is 18.6. The molecule has 0 atom stereocenters. The van der Waals surface area contributed by atoms with Crippen molar-refractivity contribution in [3.8, 4) is 0 Å². The molecule has 142 valence electrons. The highest BCUT2D eigenvalue weighted by Crippen LogP contribution is 2.22. The van der Waals surface area contributed by atoms with Gasteiger partial charge in [0.25, 0.3) is 11.8 Å². The van der Waals surface area contributed by atoms with E-state index in [1.54, 1.807) is 24.3 Å². The normalized spacial score (nSPS) is 12.6. The van der Waals surface area contributed by atoms with Crippen molar-refractivity contribution in [3.63, 3.8) is 0 Å². The van der Waals surface area contributed by atoms with Gasteiger partial charge in [0, 0.05) is 18.1 Å². The van der Waals surface area contributed by atoms with Gasteiger partial charge < -0.3 is 17.0 Å². The third-order valence-electron chi connectivity index (χ3n) is 4.50. The standard InChI is InChI=1S/C22H19N2O3.BrH/c25-21-19-10-4-5-11-20(19)22(26)24(21)27-14-13-23-12-6-9-18(16-23)15-17-7-2-1-3-8-17;/h1-12,16H,13-15H2;1H/q+1;/p-1. The van der Waals surface area contributed by atoms with Gasteiger partial charge in [-0.1, -0.05) is 42.5 Å². The average Bonchev–Trinajstić information content (AvgIpc) is 2.94. The molecule has 0 bridgehead atoms. The van der Waals surface area contributed by atoms with Crippen LogP contribution < -0.4 is 21.5 Å². The molecule has 2 amide bonds. The van der Waals surface area contributed by atoms with Crippen LogP contribution in [0.4, 0.5) is 0 Å². The summed E-state index contributed by atoms with van der Waals surface area (Å²) in [5, 5.41) is 0.860. The van der Waals surface area contributed by atoms with E-state index < -0.39 is 11.8 Å². The molecule has 6 heteroatoms. The zero-order valence-electron chi connectivity index (χ0n) is 15.1. The fourth-order valence-corrected chi connectivity index (χ4v) is 3.17. The van der Waals surface area contributed by atoms with Crippen LogP contribution in [0.25, 0.3) is 0 Å². The topological polar surface area (TPSA) is 50.5 Å². The summed E-state index contributed by atoms with van der Waals surface area (Å²) in [6, 6.07) is 21.1. The SMILES string of the molecule is O=C1c2ccccc2C(=O)N1OCC[n+]1cccc(Cc2ccccc2)c1.[Br-]. The van der Waals surface area contributed by atoms with Crippen LogP contribution in [0.15, 0.2) is 79.1 Å². The fourth-order valence-electron chi connectivity index (χ4n) is 3.17. The zero-order valence-corrected chi connectivity index (χ0v) is 16.7. The molecule has 0 unspecified atom stereocenters. The summed E-state index contributed by atoms with van der Waals surface area (Å²) in [4.78, 5) is 30.0. The van der Waals surface area contributed by atoms with Gasteiger partial charge in [-0.3, -0.25) is 14.4 Å². The van der Waals surface area contributed by atoms with Crippen molar-refractivity contribution in [2.24, 2.45) is 0 Å². The summed E-state index contributed by atoms with van der Waals surface area (Å²) in [5.74, 6) is -0.808. The molecule has 5 nitrogen and oxygen atoms in total. The molecule has 1 aromatic heterocycles. The van der Waals surface area contributed by atoms with Gasteiger partial charge >= 0.3 is 0 Å². The predicted octanol–water partition coefficient (Wildman–Crippen LogP) is -0.203. The first-order valence-corrected chi connectivity index (χ1v) is 8.85. The Bertz CT molecular complexity index is 957. The number of hydroxylamine groups is 2. The number of hydrogen-bond acceptors (Lipinski definition) is 3. The maximum absolute atomic E-state index is 12.3. The minimum absolute atomic E-state index is 0. The van der Waals surface area contributed by atoms with Gasteiger partial charge in [0.2, 0.25) is 0 Å². The van der Waals surface area contributed by atoms with E-state index in [-0.39, 0.29) is 23.6 Å². The molecule has 0 N–H and O–H groups in total. The van der Waals surface area contributed by atoms with E-state index >= 15 is 0 Å². The molecule has 1 aliphatic heterocycles. The minimum atomic E-state index is -0.404. The van der Waals surface area contributed by atoms with Gasteiger partial charge in [0.1, 0.15) is 6.61 Å². The summed E-state index contributed by atoms with van der Waals surface area (Å²) >= 11 is 0. The number of hydrogen-bond donors (Lipinski definition) is 0. The van der Waals surface area contributed by atoms with Gasteiger partial charge in [-0.15, -0.1) is 5.06 Å². The first kappa shape index (κ1) is 19.9. The lowest BCUT2D eigenvalue weighted by Gasteiger charge is -2.12. The molecular weight excluding hydrogens is 420 g/mol. The molecule has 0 saturated carbocycles. The highest BCUT2D eigenvalue weighted by molar-refractivity contribution is 6.20. The van der Waals surface area contributed by atoms with Crippen molar-refractivity contribution in [2.45, 2.75) is 13.0 Å². The number of nitrogens with zero attached hydrogens (tertiary/aromatic N) is 2. The van der Waals surface area contributed by atoms with Gasteiger partial charge in [0.05, 0.1) is 11.1 Å². The number of imide groups is 1. The lowest BCUT2D eigenvalue weighted by Crippen LogP contribution is -3.00. The number of aromatic nitrogens is 1. The highest BCUT2D eigenvalue weighted by atomic mass is 79.9. The molecule has 2 heterocycles. The third kappa shape index (κ3) is 4.18. The van der Waals surface area contributed by atoms with E-state index in [2.05, 4.69) is 24.4 Å². The highest BCUT2D eigenvalue weighted by Gasteiger charge is 2.36. The number of halogens is 1. The van der Waals surface area contributed by atoms with Gasteiger partial charge in [0.15, 0.2) is 18.9 Å². The lowest BCUT2D eigenvalue weighted by atomic mass is 10.1. The number of pyridine rings is 1. The predicted molar refractivity (Wildman–Crippen MR) is 98.8 cm³/mol. The summed E-state index contributed by atoms with van der Waals surface area (Å²) < 4.78 is 2.00. The average molecular weight is 439 g/mol. The minimum Gasteiger partial charge on any atom is -1.00 e. The first-order chi connectivity index (χ1) is 13.2. The van der Waals surface area contributed by atoms with E-state index in [4.69, 9.17) is 4.84 Å². The molecule has 0 aliphatic carbocycles. The van der Waals surface area contributed by atoms with Crippen LogP contribution in [0.2, 0.25) is 0 Å². The quantitative estimate of drug-likeness (QED) is 0.395. The number of rotatable bonds is 6. The monoisotopic (exact) mass is 438 g/mol. The Morgan fingerprint density at radius 1 is 0.786 bits per heavy atom. The summed E-state index contributed by atoms with van der Waals surface area (Å²) in [6.45, 7) is 0.765. The number of fused-ring (bicyclic) bond motifs is 1. The van der Waals surface area contributed by atoms with Crippen LogP contribution in [0.5, 0.6) is 0 Å². The third-order valence-corrected chi connectivity index (χ3v) is 4.50. The number of benzene rings is 2. The molecule has 28 heavy (non-hydrogen) atoms. The van der Waals surface area contributed by atoms with Gasteiger partial charge in [-0.05, 0) is 23.8 Å². The molecular formula is C22H19BrN2O3. The first-order valence-electron chi connectivity index (χ1n) is 8.85. The Hall–Kier alpha value is -2.83. The van der Waals surface area contributed by atoms with Crippen LogP contribution in [0.1, 0.15) is 31.8 Å². The van der Waals surface area contributed by atoms with E-state index in [0.29, 0.717) is 17.7 Å². The number of carbonyl (C=O) groups is 2. The molecule has 4 rings (SSSR count). The molecule has 0 radical (unpaired) electrons. The van der Waals surface area contributed by atoms with Crippen molar-refractivity contribution in [1.29, 1.82) is 0 Å².